The van der Waals surface area contributed by atoms with Crippen LogP contribution >= 0.6 is 0 Å². The summed E-state index contributed by atoms with van der Waals surface area (Å²) >= 11 is 0. The summed E-state index contributed by atoms with van der Waals surface area (Å²) in [6, 6.07) is 6.99. The van der Waals surface area contributed by atoms with Gasteiger partial charge in [0.15, 0.2) is 0 Å². The number of benzene rings is 1. The molecule has 1 aliphatic heterocycles. The molecule has 2 aromatic heterocycles. The van der Waals surface area contributed by atoms with E-state index in [0.717, 1.165) is 25.1 Å². The van der Waals surface area contributed by atoms with Crippen LogP contribution in [0.2, 0.25) is 0 Å². The van der Waals surface area contributed by atoms with Crippen LogP contribution in [-0.2, 0) is 6.18 Å². The van der Waals surface area contributed by atoms with Gasteiger partial charge < -0.3 is 15.0 Å². The van der Waals surface area contributed by atoms with E-state index in [2.05, 4.69) is 20.5 Å². The minimum absolute atomic E-state index is 0.170. The Bertz CT molecular complexity index is 1100. The van der Waals surface area contributed by atoms with Crippen LogP contribution in [0.15, 0.2) is 48.9 Å². The summed E-state index contributed by atoms with van der Waals surface area (Å²) in [5, 5.41) is 11.5. The third kappa shape index (κ3) is 4.76. The van der Waals surface area contributed by atoms with E-state index in [0.29, 0.717) is 29.4 Å². The van der Waals surface area contributed by atoms with Crippen molar-refractivity contribution in [3.8, 4) is 11.4 Å². The molecular weight excluding hydrogens is 437 g/mol. The number of likely N-dealkylation sites (tertiary alicyclic amines) is 1. The fourth-order valence-electron chi connectivity index (χ4n) is 3.94. The van der Waals surface area contributed by atoms with Gasteiger partial charge in [-0.1, -0.05) is 0 Å². The third-order valence-corrected chi connectivity index (χ3v) is 5.74. The van der Waals surface area contributed by atoms with Gasteiger partial charge in [-0.15, -0.1) is 0 Å². The van der Waals surface area contributed by atoms with Crippen LogP contribution in [0.3, 0.4) is 0 Å². The zero-order chi connectivity index (χ0) is 23.6. The number of anilines is 1. The van der Waals surface area contributed by atoms with Crippen LogP contribution in [0, 0.1) is 0 Å². The minimum atomic E-state index is -4.44. The van der Waals surface area contributed by atoms with Crippen molar-refractivity contribution in [2.45, 2.75) is 38.0 Å². The highest BCUT2D eigenvalue weighted by molar-refractivity contribution is 5.98. The second kappa shape index (κ2) is 9.08. The van der Waals surface area contributed by atoms with Crippen molar-refractivity contribution < 1.29 is 22.7 Å². The van der Waals surface area contributed by atoms with Crippen molar-refractivity contribution in [2.75, 3.05) is 19.0 Å². The second-order valence-corrected chi connectivity index (χ2v) is 7.76. The molecule has 1 N–H and O–H groups in total. The Balaban J connectivity index is 1.55. The summed E-state index contributed by atoms with van der Waals surface area (Å²) in [5.74, 6) is 0.711. The Morgan fingerprint density at radius 3 is 2.58 bits per heavy atom. The van der Waals surface area contributed by atoms with E-state index in [9.17, 15) is 18.0 Å². The molecule has 0 saturated carbocycles. The number of aromatic nitrogens is 4. The summed E-state index contributed by atoms with van der Waals surface area (Å²) in [4.78, 5) is 20.5. The van der Waals surface area contributed by atoms with Crippen LogP contribution in [-0.4, -0.2) is 56.5 Å². The van der Waals surface area contributed by atoms with E-state index in [1.54, 1.807) is 23.1 Å². The van der Waals surface area contributed by atoms with Crippen molar-refractivity contribution in [3.63, 3.8) is 0 Å². The standard InChI is InChI=1S/C22H23F3N6O2/c1-14-18(29-20-8-5-15(13-26-20)22(23,24)25)4-3-11-30(14)21(32)17-7-6-16(33-2)12-19(17)31-27-9-10-28-31/h5-10,12-14,18H,3-4,11H2,1-2H3,(H,26,29)/t14-,18+/m0/s1. The first-order chi connectivity index (χ1) is 15.8. The molecule has 33 heavy (non-hydrogen) atoms. The first kappa shape index (κ1) is 22.6. The molecule has 1 saturated heterocycles. The van der Waals surface area contributed by atoms with E-state index >= 15 is 0 Å². The van der Waals surface area contributed by atoms with Crippen LogP contribution in [0.25, 0.3) is 5.69 Å². The average molecular weight is 460 g/mol. The normalized spacial score (nSPS) is 18.8. The molecule has 0 aliphatic carbocycles. The Morgan fingerprint density at radius 2 is 1.94 bits per heavy atom. The summed E-state index contributed by atoms with van der Waals surface area (Å²) in [7, 11) is 1.54. The Labute approximate surface area is 188 Å². The largest absolute Gasteiger partial charge is 0.497 e. The zero-order valence-electron chi connectivity index (χ0n) is 18.1. The summed E-state index contributed by atoms with van der Waals surface area (Å²) in [6.45, 7) is 2.46. The molecule has 0 unspecified atom stereocenters. The second-order valence-electron chi connectivity index (χ2n) is 7.76. The maximum absolute atomic E-state index is 13.5. The number of hydrogen-bond acceptors (Lipinski definition) is 6. The van der Waals surface area contributed by atoms with E-state index in [1.165, 1.54) is 30.4 Å². The lowest BCUT2D eigenvalue weighted by atomic mass is 9.96. The van der Waals surface area contributed by atoms with Gasteiger partial charge in [-0.2, -0.15) is 28.2 Å². The first-order valence-corrected chi connectivity index (χ1v) is 10.4. The smallest absolute Gasteiger partial charge is 0.417 e. The van der Waals surface area contributed by atoms with Crippen LogP contribution in [0.1, 0.15) is 35.7 Å². The van der Waals surface area contributed by atoms with Crippen molar-refractivity contribution in [2.24, 2.45) is 0 Å². The molecule has 1 amide bonds. The highest BCUT2D eigenvalue weighted by Gasteiger charge is 2.34. The SMILES string of the molecule is COc1ccc(C(=O)N2CCC[C@@H](Nc3ccc(C(F)(F)F)cn3)[C@@H]2C)c(-n2nccn2)c1. The number of ether oxygens (including phenoxy) is 1. The number of piperidine rings is 1. The molecule has 4 rings (SSSR count). The molecular formula is C22H23F3N6O2. The number of pyridine rings is 1. The van der Waals surface area contributed by atoms with Crippen LogP contribution in [0.4, 0.5) is 19.0 Å². The van der Waals surface area contributed by atoms with Gasteiger partial charge in [-0.3, -0.25) is 4.79 Å². The van der Waals surface area contributed by atoms with Crippen LogP contribution < -0.4 is 10.1 Å². The lowest BCUT2D eigenvalue weighted by molar-refractivity contribution is -0.137. The van der Waals surface area contributed by atoms with Crippen molar-refractivity contribution in [1.29, 1.82) is 0 Å². The van der Waals surface area contributed by atoms with Crippen molar-refractivity contribution in [3.05, 3.63) is 60.0 Å². The quantitative estimate of drug-likeness (QED) is 0.624. The molecule has 2 atom stereocenters. The Hall–Kier alpha value is -3.63. The third-order valence-electron chi connectivity index (χ3n) is 5.74. The molecule has 0 spiro atoms. The summed E-state index contributed by atoms with van der Waals surface area (Å²) in [6.07, 6.45) is 0.901. The van der Waals surface area contributed by atoms with Crippen molar-refractivity contribution in [1.82, 2.24) is 24.9 Å². The molecule has 3 heterocycles. The molecule has 1 aromatic carbocycles. The van der Waals surface area contributed by atoms with E-state index < -0.39 is 11.7 Å². The Kier molecular flexibility index (Phi) is 6.21. The monoisotopic (exact) mass is 460 g/mol. The number of nitrogens with one attached hydrogen (secondary N) is 1. The number of carbonyl (C=O) groups excluding carboxylic acids is 1. The molecule has 8 nitrogen and oxygen atoms in total. The molecule has 11 heteroatoms. The predicted octanol–water partition coefficient (Wildman–Crippen LogP) is 3.79. The predicted molar refractivity (Wildman–Crippen MR) is 114 cm³/mol. The lowest BCUT2D eigenvalue weighted by Crippen LogP contribution is -2.52. The number of amides is 1. The molecule has 0 radical (unpaired) electrons. The maximum atomic E-state index is 13.5. The summed E-state index contributed by atoms with van der Waals surface area (Å²) < 4.78 is 43.7. The average Bonchev–Trinajstić information content (AvgIpc) is 3.34. The minimum Gasteiger partial charge on any atom is -0.497 e. The number of carbonyl (C=O) groups is 1. The molecule has 174 valence electrons. The highest BCUT2D eigenvalue weighted by atomic mass is 19.4. The van der Waals surface area contributed by atoms with Gasteiger partial charge in [0, 0.05) is 30.9 Å². The van der Waals surface area contributed by atoms with E-state index in [-0.39, 0.29) is 18.0 Å². The number of alkyl halides is 3. The number of nitrogens with zero attached hydrogens (tertiary/aromatic N) is 5. The maximum Gasteiger partial charge on any atom is 0.417 e. The van der Waals surface area contributed by atoms with Gasteiger partial charge >= 0.3 is 6.18 Å². The Morgan fingerprint density at radius 1 is 1.18 bits per heavy atom. The molecule has 1 fully saturated rings. The number of methoxy groups -OCH3 is 1. The van der Waals surface area contributed by atoms with Gasteiger partial charge in [0.25, 0.3) is 5.91 Å². The lowest BCUT2D eigenvalue weighted by Gasteiger charge is -2.40. The highest BCUT2D eigenvalue weighted by Crippen LogP contribution is 2.30. The fourth-order valence-corrected chi connectivity index (χ4v) is 3.94. The van der Waals surface area contributed by atoms with Gasteiger partial charge in [-0.25, -0.2) is 4.98 Å². The number of halogens is 3. The zero-order valence-corrected chi connectivity index (χ0v) is 18.1. The first-order valence-electron chi connectivity index (χ1n) is 10.4. The molecule has 3 aromatic rings. The molecule has 0 bridgehead atoms. The van der Waals surface area contributed by atoms with E-state index in [1.807, 2.05) is 6.92 Å². The van der Waals surface area contributed by atoms with Crippen molar-refractivity contribution >= 4 is 11.7 Å². The van der Waals surface area contributed by atoms with Gasteiger partial charge in [0.05, 0.1) is 30.6 Å². The summed E-state index contributed by atoms with van der Waals surface area (Å²) in [5.41, 5.74) is 0.115. The van der Waals surface area contributed by atoms with Gasteiger partial charge in [0.1, 0.15) is 17.3 Å². The van der Waals surface area contributed by atoms with Crippen LogP contribution in [0.5, 0.6) is 5.75 Å². The fraction of sp³-hybridized carbons (Fsp3) is 0.364. The topological polar surface area (TPSA) is 85.2 Å². The van der Waals surface area contributed by atoms with Gasteiger partial charge in [-0.05, 0) is 44.0 Å². The number of rotatable bonds is 5. The van der Waals surface area contributed by atoms with Gasteiger partial charge in [0.2, 0.25) is 0 Å². The molecule has 1 aliphatic rings. The van der Waals surface area contributed by atoms with E-state index in [4.69, 9.17) is 4.74 Å². The number of hydrogen-bond donors (Lipinski definition) is 1.